The lowest BCUT2D eigenvalue weighted by Crippen LogP contribution is -1.93. The van der Waals surface area contributed by atoms with Crippen molar-refractivity contribution < 1.29 is 8.83 Å². The number of aromatic nitrogens is 2. The third kappa shape index (κ3) is 4.05. The van der Waals surface area contributed by atoms with Gasteiger partial charge in [-0.15, -0.1) is 0 Å². The molecule has 0 spiro atoms. The fourth-order valence-electron chi connectivity index (χ4n) is 7.85. The number of nitrogens with zero attached hydrogens (tertiary/aromatic N) is 3. The van der Waals surface area contributed by atoms with Gasteiger partial charge in [-0.1, -0.05) is 91.0 Å². The molecule has 51 heavy (non-hydrogen) atoms. The summed E-state index contributed by atoms with van der Waals surface area (Å²) in [5, 5.41) is 7.29. The summed E-state index contributed by atoms with van der Waals surface area (Å²) in [7, 11) is 0. The molecule has 0 amide bonds. The van der Waals surface area contributed by atoms with Crippen LogP contribution in [0.2, 0.25) is 0 Å². The van der Waals surface area contributed by atoms with Crippen molar-refractivity contribution in [2.75, 3.05) is 0 Å². The lowest BCUT2D eigenvalue weighted by molar-refractivity contribution is 0.666. The van der Waals surface area contributed by atoms with Crippen LogP contribution in [0.3, 0.4) is 0 Å². The normalized spacial score (nSPS) is 11.9. The number of hydrogen-bond acceptors (Lipinski definition) is 3. The smallest absolute Gasteiger partial charge is 0.189 e. The number of pyridine rings is 1. The lowest BCUT2D eigenvalue weighted by Gasteiger charge is -2.10. The van der Waals surface area contributed by atoms with Gasteiger partial charge in [0, 0.05) is 49.1 Å². The topological polar surface area (TPSA) is 48.5 Å². The summed E-state index contributed by atoms with van der Waals surface area (Å²) in [5.41, 5.74) is 12.0. The summed E-state index contributed by atoms with van der Waals surface area (Å²) < 4.78 is 15.1. The lowest BCUT2D eigenvalue weighted by atomic mass is 9.97. The molecule has 11 rings (SSSR count). The number of fused-ring (bicyclic) bond motifs is 11. The molecule has 11 aromatic rings. The fourth-order valence-corrected chi connectivity index (χ4v) is 7.85. The quantitative estimate of drug-likeness (QED) is 0.179. The maximum atomic E-state index is 7.66. The second-order valence-corrected chi connectivity index (χ2v) is 13.0. The van der Waals surface area contributed by atoms with Gasteiger partial charge in [-0.2, -0.15) is 0 Å². The van der Waals surface area contributed by atoms with Gasteiger partial charge >= 0.3 is 0 Å². The largest absolute Gasteiger partial charge is 0.456 e. The number of para-hydroxylation sites is 3. The van der Waals surface area contributed by atoms with E-state index in [1.165, 1.54) is 0 Å². The molecule has 0 saturated heterocycles. The monoisotopic (exact) mass is 651 g/mol. The maximum absolute atomic E-state index is 7.66. The zero-order chi connectivity index (χ0) is 33.6. The second kappa shape index (κ2) is 10.4. The van der Waals surface area contributed by atoms with E-state index in [9.17, 15) is 0 Å². The minimum atomic E-state index is 0.623. The molecular weight excluding hydrogens is 627 g/mol. The highest BCUT2D eigenvalue weighted by molar-refractivity contribution is 6.22. The van der Waals surface area contributed by atoms with Crippen molar-refractivity contribution >= 4 is 82.3 Å². The van der Waals surface area contributed by atoms with Crippen molar-refractivity contribution in [1.82, 2.24) is 9.55 Å². The van der Waals surface area contributed by atoms with E-state index in [1.807, 2.05) is 66.7 Å². The fraction of sp³-hybridized carbons (Fsp3) is 0. The number of benzene rings is 7. The van der Waals surface area contributed by atoms with Crippen LogP contribution in [0.25, 0.3) is 110 Å². The molecule has 236 valence electrons. The van der Waals surface area contributed by atoms with E-state index in [0.717, 1.165) is 105 Å². The average molecular weight is 652 g/mol. The summed E-state index contributed by atoms with van der Waals surface area (Å²) in [6.07, 6.45) is 0. The molecule has 0 N–H and O–H groups in total. The summed E-state index contributed by atoms with van der Waals surface area (Å²) >= 11 is 0. The minimum absolute atomic E-state index is 0.623. The Labute approximate surface area is 291 Å². The van der Waals surface area contributed by atoms with E-state index < -0.39 is 0 Å². The first-order chi connectivity index (χ1) is 25.2. The van der Waals surface area contributed by atoms with Gasteiger partial charge in [0.2, 0.25) is 0 Å². The van der Waals surface area contributed by atoms with Crippen LogP contribution in [0, 0.1) is 6.57 Å². The molecule has 0 unspecified atom stereocenters. The average Bonchev–Trinajstić information content (AvgIpc) is 3.86. The van der Waals surface area contributed by atoms with Crippen molar-refractivity contribution in [2.24, 2.45) is 0 Å². The van der Waals surface area contributed by atoms with Gasteiger partial charge in [-0.05, 0) is 71.8 Å². The van der Waals surface area contributed by atoms with Crippen molar-refractivity contribution in [1.29, 1.82) is 0 Å². The highest BCUT2D eigenvalue weighted by Gasteiger charge is 2.20. The van der Waals surface area contributed by atoms with Crippen LogP contribution < -0.4 is 0 Å². The Morgan fingerprint density at radius 3 is 2.12 bits per heavy atom. The van der Waals surface area contributed by atoms with E-state index in [-0.39, 0.29) is 0 Å². The number of rotatable bonds is 3. The molecule has 0 aliphatic carbocycles. The van der Waals surface area contributed by atoms with Crippen LogP contribution in [0.1, 0.15) is 0 Å². The van der Waals surface area contributed by atoms with Crippen LogP contribution in [-0.2, 0) is 0 Å². The van der Waals surface area contributed by atoms with E-state index in [0.29, 0.717) is 5.69 Å². The molecule has 0 radical (unpaired) electrons. The second-order valence-electron chi connectivity index (χ2n) is 13.0. The van der Waals surface area contributed by atoms with E-state index >= 15 is 0 Å². The minimum Gasteiger partial charge on any atom is -0.456 e. The van der Waals surface area contributed by atoms with Crippen LogP contribution in [0.4, 0.5) is 5.69 Å². The Hall–Kier alpha value is -7.16. The molecule has 0 aliphatic rings. The Balaban J connectivity index is 1.14. The van der Waals surface area contributed by atoms with Gasteiger partial charge in [-0.25, -0.2) is 9.83 Å². The van der Waals surface area contributed by atoms with Crippen LogP contribution >= 0.6 is 0 Å². The van der Waals surface area contributed by atoms with E-state index in [1.54, 1.807) is 0 Å². The Bertz CT molecular complexity index is 3270. The Kier molecular flexibility index (Phi) is 5.67. The first kappa shape index (κ1) is 27.8. The van der Waals surface area contributed by atoms with E-state index in [2.05, 4.69) is 94.3 Å². The molecule has 7 aromatic carbocycles. The highest BCUT2D eigenvalue weighted by Crippen LogP contribution is 2.43. The van der Waals surface area contributed by atoms with Crippen molar-refractivity contribution in [3.05, 3.63) is 163 Å². The molecule has 0 aliphatic heterocycles. The van der Waals surface area contributed by atoms with Crippen molar-refractivity contribution in [3.8, 4) is 28.1 Å². The summed E-state index contributed by atoms with van der Waals surface area (Å²) in [6, 6.07) is 52.1. The molecule has 5 heteroatoms. The zero-order valence-electron chi connectivity index (χ0n) is 27.1. The SMILES string of the molecule is [C-]#[N+]c1ccc2c3cc(-c4cccc(-c5nc6cc7c(cc6c6oc8ccccc8c56)oc5ccccc57)c4)ccc3n(-c3ccccc3)c2c1. The van der Waals surface area contributed by atoms with Gasteiger partial charge < -0.3 is 13.4 Å². The van der Waals surface area contributed by atoms with Gasteiger partial charge in [0.25, 0.3) is 0 Å². The molecule has 4 heterocycles. The Morgan fingerprint density at radius 1 is 0.490 bits per heavy atom. The standard InChI is InChI=1S/C46H25N3O2/c1-47-30-19-20-32-35-23-28(18-21-39(35)49(40(32)24-30)31-12-3-2-4-13-31)27-10-9-11-29(22-27)45-44-34-15-6-8-17-42(34)51-46(44)37-26-43-36(25-38(37)48-45)33-14-5-7-16-41(33)50-43/h2-26H. The third-order valence-electron chi connectivity index (χ3n) is 10.2. The Morgan fingerprint density at radius 2 is 1.25 bits per heavy atom. The van der Waals surface area contributed by atoms with Crippen LogP contribution in [-0.4, -0.2) is 9.55 Å². The highest BCUT2D eigenvalue weighted by atomic mass is 16.3. The molecule has 5 nitrogen and oxygen atoms in total. The molecule has 0 atom stereocenters. The first-order valence-corrected chi connectivity index (χ1v) is 16.9. The number of hydrogen-bond donors (Lipinski definition) is 0. The molecule has 0 fully saturated rings. The third-order valence-corrected chi connectivity index (χ3v) is 10.2. The van der Waals surface area contributed by atoms with Crippen LogP contribution in [0.15, 0.2) is 160 Å². The summed E-state index contributed by atoms with van der Waals surface area (Å²) in [4.78, 5) is 9.11. The summed E-state index contributed by atoms with van der Waals surface area (Å²) in [5.74, 6) is 0. The van der Waals surface area contributed by atoms with E-state index in [4.69, 9.17) is 20.4 Å². The maximum Gasteiger partial charge on any atom is 0.189 e. The predicted molar refractivity (Wildman–Crippen MR) is 208 cm³/mol. The first-order valence-electron chi connectivity index (χ1n) is 16.9. The molecule has 0 bridgehead atoms. The molecule has 0 saturated carbocycles. The zero-order valence-corrected chi connectivity index (χ0v) is 27.1. The van der Waals surface area contributed by atoms with Gasteiger partial charge in [0.1, 0.15) is 22.3 Å². The van der Waals surface area contributed by atoms with Gasteiger partial charge in [0.05, 0.1) is 28.7 Å². The summed E-state index contributed by atoms with van der Waals surface area (Å²) in [6.45, 7) is 7.66. The molecular formula is C46H25N3O2. The van der Waals surface area contributed by atoms with Crippen molar-refractivity contribution in [2.45, 2.75) is 0 Å². The van der Waals surface area contributed by atoms with Crippen molar-refractivity contribution in [3.63, 3.8) is 0 Å². The molecule has 4 aromatic heterocycles. The number of furan rings is 2. The van der Waals surface area contributed by atoms with Gasteiger partial charge in [0.15, 0.2) is 5.69 Å². The predicted octanol–water partition coefficient (Wildman–Crippen LogP) is 13.0. The van der Waals surface area contributed by atoms with Gasteiger partial charge in [-0.3, -0.25) is 0 Å². The van der Waals surface area contributed by atoms with Crippen LogP contribution in [0.5, 0.6) is 0 Å².